The van der Waals surface area contributed by atoms with Gasteiger partial charge in [0.2, 0.25) is 0 Å². The fourth-order valence-corrected chi connectivity index (χ4v) is 5.40. The van der Waals surface area contributed by atoms with E-state index in [1.54, 1.807) is 0 Å². The van der Waals surface area contributed by atoms with Gasteiger partial charge in [0.15, 0.2) is 0 Å². The molecule has 1 aliphatic heterocycles. The Balaban J connectivity index is 1.81. The standard InChI is InChI=1S/C12H18S/c1-3-7-11-9(5-1)10-6-2-4-8-12(10)13-11/h3,7,9-12H,1-2,4-6,8H2. The first-order chi connectivity index (χ1) is 6.45. The molecule has 1 saturated carbocycles. The Hall–Kier alpha value is 0.0900. The van der Waals surface area contributed by atoms with E-state index in [1.807, 2.05) is 0 Å². The normalized spacial score (nSPS) is 48.6. The van der Waals surface area contributed by atoms with Crippen molar-refractivity contribution < 1.29 is 0 Å². The minimum Gasteiger partial charge on any atom is -0.150 e. The Morgan fingerprint density at radius 2 is 1.92 bits per heavy atom. The second-order valence-corrected chi connectivity index (χ2v) is 6.18. The maximum Gasteiger partial charge on any atom is 0.0261 e. The van der Waals surface area contributed by atoms with Crippen molar-refractivity contribution in [1.29, 1.82) is 0 Å². The molecule has 0 aromatic rings. The molecule has 0 amide bonds. The molecular weight excluding hydrogens is 176 g/mol. The van der Waals surface area contributed by atoms with Crippen LogP contribution in [-0.4, -0.2) is 10.5 Å². The molecular formula is C12H18S. The van der Waals surface area contributed by atoms with Gasteiger partial charge >= 0.3 is 0 Å². The summed E-state index contributed by atoms with van der Waals surface area (Å²) in [7, 11) is 0. The van der Waals surface area contributed by atoms with Crippen molar-refractivity contribution in [1.82, 2.24) is 0 Å². The molecule has 2 aliphatic carbocycles. The van der Waals surface area contributed by atoms with Crippen LogP contribution < -0.4 is 0 Å². The summed E-state index contributed by atoms with van der Waals surface area (Å²) in [6.45, 7) is 0. The lowest BCUT2D eigenvalue weighted by Gasteiger charge is -2.29. The molecule has 13 heavy (non-hydrogen) atoms. The maximum absolute atomic E-state index is 2.50. The van der Waals surface area contributed by atoms with Gasteiger partial charge in [0.05, 0.1) is 0 Å². The number of hydrogen-bond donors (Lipinski definition) is 0. The smallest absolute Gasteiger partial charge is 0.0261 e. The third-order valence-electron chi connectivity index (χ3n) is 4.05. The second-order valence-electron chi connectivity index (χ2n) is 4.76. The third-order valence-corrected chi connectivity index (χ3v) is 5.81. The number of hydrogen-bond acceptors (Lipinski definition) is 1. The summed E-state index contributed by atoms with van der Waals surface area (Å²) in [6, 6.07) is 0. The number of allylic oxidation sites excluding steroid dienone is 1. The number of rotatable bonds is 0. The van der Waals surface area contributed by atoms with Gasteiger partial charge in [-0.05, 0) is 37.5 Å². The van der Waals surface area contributed by atoms with Crippen LogP contribution in [-0.2, 0) is 0 Å². The molecule has 4 atom stereocenters. The molecule has 3 rings (SSSR count). The molecule has 1 heteroatoms. The maximum atomic E-state index is 2.50. The van der Waals surface area contributed by atoms with Crippen LogP contribution in [0.5, 0.6) is 0 Å². The summed E-state index contributed by atoms with van der Waals surface area (Å²) in [5.74, 6) is 2.15. The Kier molecular flexibility index (Phi) is 2.16. The van der Waals surface area contributed by atoms with Gasteiger partial charge in [-0.1, -0.05) is 25.0 Å². The summed E-state index contributed by atoms with van der Waals surface area (Å²) in [4.78, 5) is 0. The Labute approximate surface area is 85.2 Å². The molecule has 0 bridgehead atoms. The molecule has 0 spiro atoms. The average Bonchev–Trinajstić information content (AvgIpc) is 2.56. The molecule has 0 radical (unpaired) electrons. The SMILES string of the molecule is C1=CC2SC3CCCCC3C2CC1. The van der Waals surface area contributed by atoms with Crippen LogP contribution in [0.4, 0.5) is 0 Å². The lowest BCUT2D eigenvalue weighted by molar-refractivity contribution is 0.267. The van der Waals surface area contributed by atoms with E-state index in [2.05, 4.69) is 23.9 Å². The fourth-order valence-electron chi connectivity index (χ4n) is 3.42. The van der Waals surface area contributed by atoms with Crippen LogP contribution in [0.1, 0.15) is 38.5 Å². The largest absolute Gasteiger partial charge is 0.150 e. The van der Waals surface area contributed by atoms with Crippen LogP contribution in [0.2, 0.25) is 0 Å². The van der Waals surface area contributed by atoms with Crippen molar-refractivity contribution in [3.05, 3.63) is 12.2 Å². The topological polar surface area (TPSA) is 0 Å². The summed E-state index contributed by atoms with van der Waals surface area (Å²) < 4.78 is 0. The Bertz CT molecular complexity index is 221. The molecule has 0 N–H and O–H groups in total. The summed E-state index contributed by atoms with van der Waals surface area (Å²) in [5, 5.41) is 1.94. The molecule has 4 unspecified atom stereocenters. The Morgan fingerprint density at radius 3 is 2.92 bits per heavy atom. The first-order valence-electron chi connectivity index (χ1n) is 5.77. The van der Waals surface area contributed by atoms with E-state index in [0.29, 0.717) is 0 Å². The van der Waals surface area contributed by atoms with Gasteiger partial charge in [0.25, 0.3) is 0 Å². The van der Waals surface area contributed by atoms with Gasteiger partial charge in [0.1, 0.15) is 0 Å². The predicted octanol–water partition coefficient (Wildman–Crippen LogP) is 3.63. The van der Waals surface area contributed by atoms with E-state index in [-0.39, 0.29) is 0 Å². The van der Waals surface area contributed by atoms with Gasteiger partial charge in [-0.3, -0.25) is 0 Å². The van der Waals surface area contributed by atoms with Crippen LogP contribution >= 0.6 is 11.8 Å². The van der Waals surface area contributed by atoms with Gasteiger partial charge < -0.3 is 0 Å². The van der Waals surface area contributed by atoms with Crippen molar-refractivity contribution in [3.8, 4) is 0 Å². The lowest BCUT2D eigenvalue weighted by atomic mass is 9.75. The van der Waals surface area contributed by atoms with E-state index in [4.69, 9.17) is 0 Å². The lowest BCUT2D eigenvalue weighted by Crippen LogP contribution is -2.25. The first-order valence-corrected chi connectivity index (χ1v) is 6.71. The molecule has 3 aliphatic rings. The highest BCUT2D eigenvalue weighted by molar-refractivity contribution is 8.01. The quantitative estimate of drug-likeness (QED) is 0.531. The molecule has 72 valence electrons. The molecule has 1 saturated heterocycles. The summed E-state index contributed by atoms with van der Waals surface area (Å²) in [6.07, 6.45) is 13.8. The second kappa shape index (κ2) is 3.34. The fraction of sp³-hybridized carbons (Fsp3) is 0.833. The molecule has 0 aromatic heterocycles. The van der Waals surface area contributed by atoms with Crippen LogP contribution in [0, 0.1) is 11.8 Å². The van der Waals surface area contributed by atoms with E-state index in [9.17, 15) is 0 Å². The number of fused-ring (bicyclic) bond motifs is 3. The highest BCUT2D eigenvalue weighted by Crippen LogP contribution is 2.52. The van der Waals surface area contributed by atoms with E-state index in [0.717, 1.165) is 22.3 Å². The van der Waals surface area contributed by atoms with Crippen molar-refractivity contribution in [3.63, 3.8) is 0 Å². The highest BCUT2D eigenvalue weighted by Gasteiger charge is 2.43. The van der Waals surface area contributed by atoms with Crippen LogP contribution in [0.15, 0.2) is 12.2 Å². The van der Waals surface area contributed by atoms with Crippen molar-refractivity contribution in [2.24, 2.45) is 11.8 Å². The molecule has 0 aromatic carbocycles. The van der Waals surface area contributed by atoms with Gasteiger partial charge in [0, 0.05) is 10.5 Å². The number of thioether (sulfide) groups is 1. The zero-order valence-corrected chi connectivity index (χ0v) is 8.93. The summed E-state index contributed by atoms with van der Waals surface area (Å²) >= 11 is 2.29. The minimum atomic E-state index is 0.904. The molecule has 1 heterocycles. The van der Waals surface area contributed by atoms with Gasteiger partial charge in [-0.25, -0.2) is 0 Å². The monoisotopic (exact) mass is 194 g/mol. The average molecular weight is 194 g/mol. The van der Waals surface area contributed by atoms with E-state index in [1.165, 1.54) is 38.5 Å². The van der Waals surface area contributed by atoms with Crippen molar-refractivity contribution in [2.75, 3.05) is 0 Å². The van der Waals surface area contributed by atoms with Crippen LogP contribution in [0.3, 0.4) is 0 Å². The zero-order chi connectivity index (χ0) is 8.67. The van der Waals surface area contributed by atoms with Crippen molar-refractivity contribution in [2.45, 2.75) is 49.0 Å². The zero-order valence-electron chi connectivity index (χ0n) is 8.11. The Morgan fingerprint density at radius 1 is 1.00 bits per heavy atom. The third kappa shape index (κ3) is 1.36. The first kappa shape index (κ1) is 8.40. The molecule has 0 nitrogen and oxygen atoms in total. The van der Waals surface area contributed by atoms with E-state index < -0.39 is 0 Å². The van der Waals surface area contributed by atoms with Gasteiger partial charge in [-0.2, -0.15) is 11.8 Å². The van der Waals surface area contributed by atoms with E-state index >= 15 is 0 Å². The summed E-state index contributed by atoms with van der Waals surface area (Å²) in [5.41, 5.74) is 0. The van der Waals surface area contributed by atoms with Crippen molar-refractivity contribution >= 4 is 11.8 Å². The molecule has 2 fully saturated rings. The predicted molar refractivity (Wildman–Crippen MR) is 59.0 cm³/mol. The minimum absolute atomic E-state index is 0.904. The van der Waals surface area contributed by atoms with Gasteiger partial charge in [-0.15, -0.1) is 0 Å². The van der Waals surface area contributed by atoms with Crippen LogP contribution in [0.25, 0.3) is 0 Å². The highest BCUT2D eigenvalue weighted by atomic mass is 32.2.